The molecule has 1 N–H and O–H groups in total. The summed E-state index contributed by atoms with van der Waals surface area (Å²) in [7, 11) is 0. The van der Waals surface area contributed by atoms with Crippen LogP contribution in [0.5, 0.6) is 0 Å². The van der Waals surface area contributed by atoms with Gasteiger partial charge in [-0.15, -0.1) is 0 Å². The van der Waals surface area contributed by atoms with Crippen molar-refractivity contribution in [2.24, 2.45) is 5.92 Å². The van der Waals surface area contributed by atoms with Crippen LogP contribution in [0.15, 0.2) is 12.5 Å². The van der Waals surface area contributed by atoms with Crippen molar-refractivity contribution in [3.05, 3.63) is 18.2 Å². The zero-order valence-electron chi connectivity index (χ0n) is 15.4. The number of aromatic nitrogens is 2. The molecule has 5 nitrogen and oxygen atoms in total. The highest BCUT2D eigenvalue weighted by molar-refractivity contribution is 5.67. The summed E-state index contributed by atoms with van der Waals surface area (Å²) in [5.41, 5.74) is 0.704. The number of carbonyl (C=O) groups excluding carboxylic acids is 1. The summed E-state index contributed by atoms with van der Waals surface area (Å²) in [6, 6.07) is 0. The Morgan fingerprint density at radius 1 is 1.39 bits per heavy atom. The van der Waals surface area contributed by atoms with Crippen molar-refractivity contribution in [2.45, 2.75) is 78.9 Å². The average molecular weight is 323 g/mol. The van der Waals surface area contributed by atoms with Crippen LogP contribution < -0.4 is 5.32 Å². The number of imidazole rings is 1. The Labute approximate surface area is 140 Å². The van der Waals surface area contributed by atoms with Gasteiger partial charge in [-0.1, -0.05) is 33.1 Å². The standard InChI is InChI=1S/C18H33N3O2/c1-6-8-9-15(7-2)13-21-14-19-12-16(21)10-11-20-17(22)23-18(3,4)5/h12,14-15H,6-11,13H2,1-5H3,(H,20,22). The van der Waals surface area contributed by atoms with Crippen molar-refractivity contribution in [2.75, 3.05) is 6.54 Å². The number of hydrogen-bond donors (Lipinski definition) is 1. The number of nitrogens with zero attached hydrogens (tertiary/aromatic N) is 2. The number of unbranched alkanes of at least 4 members (excludes halogenated alkanes) is 1. The lowest BCUT2D eigenvalue weighted by atomic mass is 9.99. The predicted octanol–water partition coefficient (Wildman–Crippen LogP) is 4.17. The summed E-state index contributed by atoms with van der Waals surface area (Å²) in [4.78, 5) is 15.9. The molecule has 0 saturated heterocycles. The summed E-state index contributed by atoms with van der Waals surface area (Å²) in [5.74, 6) is 0.696. The second-order valence-corrected chi connectivity index (χ2v) is 7.13. The molecule has 1 aromatic heterocycles. The highest BCUT2D eigenvalue weighted by Gasteiger charge is 2.16. The third-order valence-corrected chi connectivity index (χ3v) is 3.85. The van der Waals surface area contributed by atoms with Gasteiger partial charge in [-0.25, -0.2) is 9.78 Å². The summed E-state index contributed by atoms with van der Waals surface area (Å²) in [6.07, 6.45) is 9.17. The van der Waals surface area contributed by atoms with E-state index >= 15 is 0 Å². The topological polar surface area (TPSA) is 56.2 Å². The fraction of sp³-hybridized carbons (Fsp3) is 0.778. The number of nitrogens with one attached hydrogen (secondary N) is 1. The molecule has 0 fully saturated rings. The van der Waals surface area contributed by atoms with Crippen LogP contribution >= 0.6 is 0 Å². The van der Waals surface area contributed by atoms with Crippen LogP contribution in [0, 0.1) is 5.92 Å². The molecule has 0 radical (unpaired) electrons. The van der Waals surface area contributed by atoms with Crippen molar-refractivity contribution in [3.8, 4) is 0 Å². The van der Waals surface area contributed by atoms with E-state index in [1.54, 1.807) is 0 Å². The number of ether oxygens (including phenoxy) is 1. The largest absolute Gasteiger partial charge is 0.444 e. The maximum atomic E-state index is 11.7. The zero-order valence-corrected chi connectivity index (χ0v) is 15.4. The molecule has 1 rings (SSSR count). The highest BCUT2D eigenvalue weighted by atomic mass is 16.6. The number of hydrogen-bond acceptors (Lipinski definition) is 3. The first-order chi connectivity index (χ1) is 10.9. The molecule has 0 aromatic carbocycles. The van der Waals surface area contributed by atoms with Crippen LogP contribution in [0.4, 0.5) is 4.79 Å². The van der Waals surface area contributed by atoms with Crippen molar-refractivity contribution >= 4 is 6.09 Å². The van der Waals surface area contributed by atoms with E-state index in [0.29, 0.717) is 12.5 Å². The van der Waals surface area contributed by atoms with Gasteiger partial charge >= 0.3 is 6.09 Å². The van der Waals surface area contributed by atoms with Gasteiger partial charge in [0.25, 0.3) is 0 Å². The van der Waals surface area contributed by atoms with E-state index < -0.39 is 5.60 Å². The molecule has 1 heterocycles. The van der Waals surface area contributed by atoms with Gasteiger partial charge in [0.1, 0.15) is 5.60 Å². The van der Waals surface area contributed by atoms with Crippen LogP contribution in [-0.4, -0.2) is 27.8 Å². The molecule has 1 unspecified atom stereocenters. The molecule has 1 amide bonds. The van der Waals surface area contributed by atoms with Crippen LogP contribution in [0.3, 0.4) is 0 Å². The second-order valence-electron chi connectivity index (χ2n) is 7.13. The molecule has 1 atom stereocenters. The van der Waals surface area contributed by atoms with Gasteiger partial charge in [-0.3, -0.25) is 0 Å². The molecule has 132 valence electrons. The fourth-order valence-electron chi connectivity index (χ4n) is 2.52. The van der Waals surface area contributed by atoms with Gasteiger partial charge in [0, 0.05) is 31.4 Å². The van der Waals surface area contributed by atoms with E-state index in [-0.39, 0.29) is 6.09 Å². The normalized spacial score (nSPS) is 12.9. The third-order valence-electron chi connectivity index (χ3n) is 3.85. The summed E-state index contributed by atoms with van der Waals surface area (Å²) < 4.78 is 7.46. The lowest BCUT2D eigenvalue weighted by Gasteiger charge is -2.20. The molecule has 0 aliphatic rings. The van der Waals surface area contributed by atoms with E-state index in [4.69, 9.17) is 4.74 Å². The Morgan fingerprint density at radius 2 is 2.13 bits per heavy atom. The maximum absolute atomic E-state index is 11.7. The van der Waals surface area contributed by atoms with Crippen LogP contribution in [-0.2, 0) is 17.7 Å². The van der Waals surface area contributed by atoms with Crippen LogP contribution in [0.1, 0.15) is 66.0 Å². The Hall–Kier alpha value is -1.52. The third kappa shape index (κ3) is 8.05. The Balaban J connectivity index is 2.44. The molecule has 23 heavy (non-hydrogen) atoms. The summed E-state index contributed by atoms with van der Waals surface area (Å²) in [6.45, 7) is 11.7. The molecule has 0 aliphatic carbocycles. The van der Waals surface area contributed by atoms with E-state index in [1.807, 2.05) is 33.3 Å². The van der Waals surface area contributed by atoms with E-state index in [2.05, 4.69) is 28.7 Å². The second kappa shape index (κ2) is 9.58. The highest BCUT2D eigenvalue weighted by Crippen LogP contribution is 2.16. The number of carbonyl (C=O) groups is 1. The Bertz CT molecular complexity index is 463. The predicted molar refractivity (Wildman–Crippen MR) is 93.5 cm³/mol. The van der Waals surface area contributed by atoms with E-state index in [9.17, 15) is 4.79 Å². The Morgan fingerprint density at radius 3 is 2.74 bits per heavy atom. The van der Waals surface area contributed by atoms with Gasteiger partial charge in [-0.05, 0) is 33.1 Å². The zero-order chi connectivity index (χ0) is 17.3. The minimum atomic E-state index is -0.459. The first kappa shape index (κ1) is 19.5. The Kier molecular flexibility index (Phi) is 8.13. The first-order valence-corrected chi connectivity index (χ1v) is 8.81. The molecular formula is C18H33N3O2. The number of alkyl carbamates (subject to hydrolysis) is 1. The van der Waals surface area contributed by atoms with E-state index in [0.717, 1.165) is 18.7 Å². The molecule has 1 aromatic rings. The summed E-state index contributed by atoms with van der Waals surface area (Å²) in [5, 5.41) is 2.80. The maximum Gasteiger partial charge on any atom is 0.407 e. The minimum absolute atomic E-state index is 0.363. The van der Waals surface area contributed by atoms with Gasteiger partial charge in [0.2, 0.25) is 0 Å². The van der Waals surface area contributed by atoms with Gasteiger partial charge in [-0.2, -0.15) is 0 Å². The van der Waals surface area contributed by atoms with E-state index in [1.165, 1.54) is 25.7 Å². The van der Waals surface area contributed by atoms with Gasteiger partial charge in [0.15, 0.2) is 0 Å². The van der Waals surface area contributed by atoms with Crippen LogP contribution in [0.25, 0.3) is 0 Å². The number of amides is 1. The van der Waals surface area contributed by atoms with Crippen LogP contribution in [0.2, 0.25) is 0 Å². The monoisotopic (exact) mass is 323 g/mol. The SMILES string of the molecule is CCCCC(CC)Cn1cncc1CCNC(=O)OC(C)(C)C. The van der Waals surface area contributed by atoms with Crippen molar-refractivity contribution in [1.82, 2.24) is 14.9 Å². The summed E-state index contributed by atoms with van der Waals surface area (Å²) >= 11 is 0. The van der Waals surface area contributed by atoms with Crippen molar-refractivity contribution in [3.63, 3.8) is 0 Å². The molecule has 5 heteroatoms. The van der Waals surface area contributed by atoms with Crippen molar-refractivity contribution < 1.29 is 9.53 Å². The fourth-order valence-corrected chi connectivity index (χ4v) is 2.52. The van der Waals surface area contributed by atoms with Gasteiger partial charge < -0.3 is 14.6 Å². The molecule has 0 spiro atoms. The lowest BCUT2D eigenvalue weighted by Crippen LogP contribution is -2.33. The average Bonchev–Trinajstić information content (AvgIpc) is 2.88. The quantitative estimate of drug-likeness (QED) is 0.742. The molecular weight excluding hydrogens is 290 g/mol. The number of rotatable bonds is 9. The molecule has 0 saturated carbocycles. The lowest BCUT2D eigenvalue weighted by molar-refractivity contribution is 0.0528. The van der Waals surface area contributed by atoms with Crippen molar-refractivity contribution in [1.29, 1.82) is 0 Å². The molecule has 0 bridgehead atoms. The minimum Gasteiger partial charge on any atom is -0.444 e. The molecule has 0 aliphatic heterocycles. The van der Waals surface area contributed by atoms with Gasteiger partial charge in [0.05, 0.1) is 6.33 Å². The first-order valence-electron chi connectivity index (χ1n) is 8.81. The smallest absolute Gasteiger partial charge is 0.407 e.